The second-order valence-electron chi connectivity index (χ2n) is 7.62. The lowest BCUT2D eigenvalue weighted by Gasteiger charge is -2.34. The monoisotopic (exact) mass is 320 g/mol. The van der Waals surface area contributed by atoms with Crippen molar-refractivity contribution in [1.82, 2.24) is 10.2 Å². The van der Waals surface area contributed by atoms with Crippen molar-refractivity contribution in [1.29, 1.82) is 0 Å². The van der Waals surface area contributed by atoms with Crippen molar-refractivity contribution in [2.45, 2.75) is 77.7 Å². The first-order valence-corrected chi connectivity index (χ1v) is 9.20. The standard InChI is InChI=1S/C19H32N2O2/c1-15(2)10-13-20-18(23)19(3)12-9-17(22)21(19)14-11-16-7-5-4-6-8-16/h7,15H,4-6,8-14H2,1-3H3,(H,20,23)/t19-/m1/s1. The highest BCUT2D eigenvalue weighted by Gasteiger charge is 2.46. The zero-order valence-electron chi connectivity index (χ0n) is 15.0. The quantitative estimate of drug-likeness (QED) is 0.731. The molecule has 4 nitrogen and oxygen atoms in total. The molecule has 0 saturated carbocycles. The molecule has 1 N–H and O–H groups in total. The van der Waals surface area contributed by atoms with Gasteiger partial charge in [-0.15, -0.1) is 0 Å². The number of hydrogen-bond donors (Lipinski definition) is 1. The molecule has 1 atom stereocenters. The molecule has 2 aliphatic rings. The smallest absolute Gasteiger partial charge is 0.245 e. The van der Waals surface area contributed by atoms with E-state index in [4.69, 9.17) is 0 Å². The predicted molar refractivity (Wildman–Crippen MR) is 93.0 cm³/mol. The zero-order chi connectivity index (χ0) is 16.9. The first kappa shape index (κ1) is 18.0. The Morgan fingerprint density at radius 3 is 2.78 bits per heavy atom. The molecule has 2 rings (SSSR count). The lowest BCUT2D eigenvalue weighted by molar-refractivity contribution is -0.140. The number of allylic oxidation sites excluding steroid dienone is 1. The summed E-state index contributed by atoms with van der Waals surface area (Å²) in [6.07, 6.45) is 10.2. The third kappa shape index (κ3) is 4.58. The second-order valence-corrected chi connectivity index (χ2v) is 7.62. The fourth-order valence-corrected chi connectivity index (χ4v) is 3.55. The number of nitrogens with one attached hydrogen (secondary N) is 1. The van der Waals surface area contributed by atoms with Crippen LogP contribution in [0.2, 0.25) is 0 Å². The molecule has 0 spiro atoms. The maximum Gasteiger partial charge on any atom is 0.245 e. The Labute approximate surface area is 140 Å². The molecule has 0 radical (unpaired) electrons. The van der Waals surface area contributed by atoms with Crippen molar-refractivity contribution in [3.8, 4) is 0 Å². The number of likely N-dealkylation sites (tertiary alicyclic amines) is 1. The van der Waals surface area contributed by atoms with Crippen LogP contribution in [0.3, 0.4) is 0 Å². The van der Waals surface area contributed by atoms with E-state index in [1.54, 1.807) is 0 Å². The minimum absolute atomic E-state index is 0.0154. The van der Waals surface area contributed by atoms with Gasteiger partial charge in [-0.05, 0) is 57.8 Å². The number of rotatable bonds is 7. The van der Waals surface area contributed by atoms with Gasteiger partial charge in [-0.1, -0.05) is 25.5 Å². The summed E-state index contributed by atoms with van der Waals surface area (Å²) < 4.78 is 0. The molecule has 0 aromatic carbocycles. The van der Waals surface area contributed by atoms with Gasteiger partial charge in [0.25, 0.3) is 0 Å². The van der Waals surface area contributed by atoms with Crippen LogP contribution in [0.25, 0.3) is 0 Å². The minimum atomic E-state index is -0.663. The molecule has 2 amide bonds. The highest BCUT2D eigenvalue weighted by molar-refractivity contribution is 5.94. The van der Waals surface area contributed by atoms with Crippen molar-refractivity contribution >= 4 is 11.8 Å². The summed E-state index contributed by atoms with van der Waals surface area (Å²) in [6, 6.07) is 0. The number of amides is 2. The van der Waals surface area contributed by atoms with Gasteiger partial charge in [0.15, 0.2) is 0 Å². The van der Waals surface area contributed by atoms with Crippen LogP contribution in [-0.2, 0) is 9.59 Å². The molecule has 0 bridgehead atoms. The highest BCUT2D eigenvalue weighted by atomic mass is 16.2. The van der Waals surface area contributed by atoms with Crippen molar-refractivity contribution in [3.63, 3.8) is 0 Å². The van der Waals surface area contributed by atoms with Gasteiger partial charge >= 0.3 is 0 Å². The molecular weight excluding hydrogens is 288 g/mol. The van der Waals surface area contributed by atoms with Crippen LogP contribution in [0.15, 0.2) is 11.6 Å². The van der Waals surface area contributed by atoms with Crippen LogP contribution in [0.5, 0.6) is 0 Å². The summed E-state index contributed by atoms with van der Waals surface area (Å²) >= 11 is 0. The maximum atomic E-state index is 12.6. The van der Waals surface area contributed by atoms with E-state index in [-0.39, 0.29) is 11.8 Å². The summed E-state index contributed by atoms with van der Waals surface area (Å²) in [7, 11) is 0. The number of nitrogens with zero attached hydrogens (tertiary/aromatic N) is 1. The summed E-state index contributed by atoms with van der Waals surface area (Å²) in [4.78, 5) is 26.7. The van der Waals surface area contributed by atoms with Crippen LogP contribution in [-0.4, -0.2) is 35.3 Å². The van der Waals surface area contributed by atoms with E-state index >= 15 is 0 Å². The van der Waals surface area contributed by atoms with Crippen LogP contribution in [0.1, 0.15) is 72.1 Å². The first-order chi connectivity index (χ1) is 10.9. The predicted octanol–water partition coefficient (Wildman–Crippen LogP) is 3.42. The van der Waals surface area contributed by atoms with Crippen molar-refractivity contribution in [2.24, 2.45) is 5.92 Å². The number of hydrogen-bond acceptors (Lipinski definition) is 2. The van der Waals surface area contributed by atoms with Crippen LogP contribution in [0.4, 0.5) is 0 Å². The summed E-state index contributed by atoms with van der Waals surface area (Å²) in [5.41, 5.74) is 0.794. The van der Waals surface area contributed by atoms with E-state index in [1.165, 1.54) is 18.4 Å². The Morgan fingerprint density at radius 1 is 1.35 bits per heavy atom. The van der Waals surface area contributed by atoms with Gasteiger partial charge in [0.1, 0.15) is 5.54 Å². The molecule has 1 aliphatic heterocycles. The van der Waals surface area contributed by atoms with Crippen molar-refractivity contribution < 1.29 is 9.59 Å². The second kappa shape index (κ2) is 7.98. The normalized spacial score (nSPS) is 25.0. The summed E-state index contributed by atoms with van der Waals surface area (Å²) in [6.45, 7) is 7.60. The van der Waals surface area contributed by atoms with Gasteiger partial charge in [0.05, 0.1) is 0 Å². The topological polar surface area (TPSA) is 49.4 Å². The fourth-order valence-electron chi connectivity index (χ4n) is 3.55. The molecule has 1 aliphatic carbocycles. The third-order valence-corrected chi connectivity index (χ3v) is 5.26. The lowest BCUT2D eigenvalue weighted by atomic mass is 9.94. The van der Waals surface area contributed by atoms with E-state index in [1.807, 2.05) is 11.8 Å². The molecule has 1 saturated heterocycles. The van der Waals surface area contributed by atoms with Gasteiger partial charge in [-0.25, -0.2) is 0 Å². The molecule has 1 heterocycles. The van der Waals surface area contributed by atoms with E-state index in [2.05, 4.69) is 25.2 Å². The Hall–Kier alpha value is -1.32. The molecule has 0 aromatic heterocycles. The fraction of sp³-hybridized carbons (Fsp3) is 0.789. The highest BCUT2D eigenvalue weighted by Crippen LogP contribution is 2.31. The zero-order valence-corrected chi connectivity index (χ0v) is 15.0. The lowest BCUT2D eigenvalue weighted by Crippen LogP contribution is -2.55. The first-order valence-electron chi connectivity index (χ1n) is 9.20. The molecule has 130 valence electrons. The van der Waals surface area contributed by atoms with Crippen molar-refractivity contribution in [2.75, 3.05) is 13.1 Å². The Balaban J connectivity index is 1.93. The SMILES string of the molecule is CC(C)CCNC(=O)[C@@]1(C)CCC(=O)N1CCC1=CCCCC1. The number of carbonyl (C=O) groups excluding carboxylic acids is 2. The van der Waals surface area contributed by atoms with E-state index in [0.717, 1.165) is 25.7 Å². The minimum Gasteiger partial charge on any atom is -0.354 e. The van der Waals surface area contributed by atoms with Crippen molar-refractivity contribution in [3.05, 3.63) is 11.6 Å². The largest absolute Gasteiger partial charge is 0.354 e. The van der Waals surface area contributed by atoms with Crippen LogP contribution >= 0.6 is 0 Å². The van der Waals surface area contributed by atoms with Gasteiger partial charge in [0, 0.05) is 19.5 Å². The van der Waals surface area contributed by atoms with Crippen LogP contribution in [0, 0.1) is 5.92 Å². The van der Waals surface area contributed by atoms with Gasteiger partial charge in [0.2, 0.25) is 11.8 Å². The van der Waals surface area contributed by atoms with Gasteiger partial charge < -0.3 is 10.2 Å². The van der Waals surface area contributed by atoms with Gasteiger partial charge in [-0.2, -0.15) is 0 Å². The Morgan fingerprint density at radius 2 is 2.13 bits per heavy atom. The Kier molecular flexibility index (Phi) is 6.25. The summed E-state index contributed by atoms with van der Waals surface area (Å²) in [5, 5.41) is 3.04. The average Bonchev–Trinajstić information content (AvgIpc) is 2.82. The average molecular weight is 320 g/mol. The molecule has 4 heteroatoms. The van der Waals surface area contributed by atoms with Gasteiger partial charge in [-0.3, -0.25) is 9.59 Å². The molecule has 0 unspecified atom stereocenters. The third-order valence-electron chi connectivity index (χ3n) is 5.26. The van der Waals surface area contributed by atoms with E-state index < -0.39 is 5.54 Å². The maximum absolute atomic E-state index is 12.6. The summed E-state index contributed by atoms with van der Waals surface area (Å²) in [5.74, 6) is 0.715. The molecule has 23 heavy (non-hydrogen) atoms. The van der Waals surface area contributed by atoms with E-state index in [0.29, 0.717) is 31.8 Å². The van der Waals surface area contributed by atoms with E-state index in [9.17, 15) is 9.59 Å². The number of carbonyl (C=O) groups is 2. The molecular formula is C19H32N2O2. The Bertz CT molecular complexity index is 470. The molecule has 0 aromatic rings. The van der Waals surface area contributed by atoms with Crippen LogP contribution < -0.4 is 5.32 Å². The molecule has 1 fully saturated rings.